The Hall–Kier alpha value is -0.120. The molecule has 0 aromatic heterocycles. The first-order valence-corrected chi connectivity index (χ1v) is 9.41. The summed E-state index contributed by atoms with van der Waals surface area (Å²) in [6.07, 6.45) is 7.72. The number of hydrogen-bond acceptors (Lipinski definition) is 4. The molecule has 0 aliphatic carbocycles. The van der Waals surface area contributed by atoms with Gasteiger partial charge < -0.3 is 20.7 Å². The molecule has 0 aromatic carbocycles. The smallest absolute Gasteiger partial charge is 0.188 e. The largest absolute Gasteiger partial charge is 0.379 e. The van der Waals surface area contributed by atoms with Gasteiger partial charge in [0.25, 0.3) is 0 Å². The van der Waals surface area contributed by atoms with Crippen molar-refractivity contribution in [1.82, 2.24) is 15.1 Å². The maximum atomic E-state index is 5.93. The SMILES string of the molecule is I.NC(=NCCCN1CCCCCC1)NCCCN1CCOCC1. The number of nitrogens with zero attached hydrogens (tertiary/aromatic N) is 3. The van der Waals surface area contributed by atoms with Gasteiger partial charge in [-0.3, -0.25) is 9.89 Å². The van der Waals surface area contributed by atoms with Crippen LogP contribution in [0.4, 0.5) is 0 Å². The van der Waals surface area contributed by atoms with Gasteiger partial charge in [0.15, 0.2) is 5.96 Å². The van der Waals surface area contributed by atoms with Crippen LogP contribution in [-0.2, 0) is 4.74 Å². The van der Waals surface area contributed by atoms with Crippen molar-refractivity contribution >= 4 is 29.9 Å². The van der Waals surface area contributed by atoms with Crippen molar-refractivity contribution < 1.29 is 4.74 Å². The Bertz CT molecular complexity index is 329. The monoisotopic (exact) mass is 453 g/mol. The van der Waals surface area contributed by atoms with Crippen LogP contribution in [0, 0.1) is 0 Å². The summed E-state index contributed by atoms with van der Waals surface area (Å²) in [5.41, 5.74) is 5.93. The number of halogens is 1. The fourth-order valence-electron chi connectivity index (χ4n) is 3.25. The summed E-state index contributed by atoms with van der Waals surface area (Å²) in [5, 5.41) is 3.23. The molecule has 2 aliphatic heterocycles. The second-order valence-corrected chi connectivity index (χ2v) is 6.61. The van der Waals surface area contributed by atoms with Gasteiger partial charge in [-0.2, -0.15) is 0 Å². The van der Waals surface area contributed by atoms with Crippen LogP contribution >= 0.6 is 24.0 Å². The van der Waals surface area contributed by atoms with E-state index in [9.17, 15) is 0 Å². The molecule has 0 spiro atoms. The number of guanidine groups is 1. The fourth-order valence-corrected chi connectivity index (χ4v) is 3.25. The maximum Gasteiger partial charge on any atom is 0.188 e. The van der Waals surface area contributed by atoms with Crippen molar-refractivity contribution in [2.24, 2.45) is 10.7 Å². The van der Waals surface area contributed by atoms with Gasteiger partial charge in [-0.15, -0.1) is 24.0 Å². The topological polar surface area (TPSA) is 66.1 Å². The lowest BCUT2D eigenvalue weighted by atomic mass is 10.2. The molecule has 2 heterocycles. The standard InChI is InChI=1S/C17H35N5O.HI/c18-17(20-8-6-12-22-13-15-23-16-14-22)19-7-5-11-21-9-3-1-2-4-10-21;/h1-16H2,(H3,18,19,20);1H. The summed E-state index contributed by atoms with van der Waals surface area (Å²) in [4.78, 5) is 9.46. The van der Waals surface area contributed by atoms with Crippen molar-refractivity contribution in [2.75, 3.05) is 65.6 Å². The molecule has 2 fully saturated rings. The lowest BCUT2D eigenvalue weighted by molar-refractivity contribution is 0.0376. The Morgan fingerprint density at radius 3 is 2.25 bits per heavy atom. The van der Waals surface area contributed by atoms with Gasteiger partial charge in [-0.05, 0) is 51.9 Å². The van der Waals surface area contributed by atoms with Crippen LogP contribution in [-0.4, -0.2) is 81.3 Å². The van der Waals surface area contributed by atoms with Crippen LogP contribution in [0.3, 0.4) is 0 Å². The molecular weight excluding hydrogens is 417 g/mol. The molecule has 2 aliphatic rings. The predicted molar refractivity (Wildman–Crippen MR) is 111 cm³/mol. The number of nitrogens with two attached hydrogens (primary N) is 1. The van der Waals surface area contributed by atoms with E-state index in [1.54, 1.807) is 0 Å². The second kappa shape index (κ2) is 14.1. The van der Waals surface area contributed by atoms with Crippen LogP contribution in [0.1, 0.15) is 38.5 Å². The number of nitrogens with one attached hydrogen (secondary N) is 1. The Morgan fingerprint density at radius 1 is 0.917 bits per heavy atom. The first kappa shape index (κ1) is 21.9. The van der Waals surface area contributed by atoms with Gasteiger partial charge in [0.1, 0.15) is 0 Å². The number of ether oxygens (including phenoxy) is 1. The summed E-state index contributed by atoms with van der Waals surface area (Å²) in [5.74, 6) is 0.600. The fraction of sp³-hybridized carbons (Fsp3) is 0.941. The third kappa shape index (κ3) is 10.0. The number of likely N-dealkylation sites (tertiary alicyclic amines) is 1. The van der Waals surface area contributed by atoms with Crippen molar-refractivity contribution in [2.45, 2.75) is 38.5 Å². The van der Waals surface area contributed by atoms with Gasteiger partial charge in [0, 0.05) is 26.2 Å². The Labute approximate surface area is 164 Å². The number of morpholine rings is 1. The lowest BCUT2D eigenvalue weighted by Crippen LogP contribution is -2.39. The Kier molecular flexibility index (Phi) is 12.9. The molecule has 6 nitrogen and oxygen atoms in total. The average Bonchev–Trinajstić information content (AvgIpc) is 2.85. The minimum atomic E-state index is 0. The first-order chi connectivity index (χ1) is 11.3. The minimum Gasteiger partial charge on any atom is -0.379 e. The quantitative estimate of drug-likeness (QED) is 0.253. The lowest BCUT2D eigenvalue weighted by Gasteiger charge is -2.26. The van der Waals surface area contributed by atoms with Crippen LogP contribution in [0.2, 0.25) is 0 Å². The summed E-state index contributed by atoms with van der Waals surface area (Å²) >= 11 is 0. The normalized spacial score (nSPS) is 21.1. The molecule has 142 valence electrons. The second-order valence-electron chi connectivity index (χ2n) is 6.61. The number of hydrogen-bond donors (Lipinski definition) is 2. The third-order valence-electron chi connectivity index (χ3n) is 4.67. The molecule has 3 N–H and O–H groups in total. The molecule has 0 saturated carbocycles. The summed E-state index contributed by atoms with van der Waals surface area (Å²) in [6.45, 7) is 10.4. The molecule has 0 bridgehead atoms. The predicted octanol–water partition coefficient (Wildman–Crippen LogP) is 1.50. The summed E-state index contributed by atoms with van der Waals surface area (Å²) in [7, 11) is 0. The highest BCUT2D eigenvalue weighted by atomic mass is 127. The number of rotatable bonds is 8. The van der Waals surface area contributed by atoms with Gasteiger partial charge >= 0.3 is 0 Å². The Morgan fingerprint density at radius 2 is 1.54 bits per heavy atom. The Balaban J connectivity index is 0.00000288. The van der Waals surface area contributed by atoms with Gasteiger partial charge in [0.2, 0.25) is 0 Å². The van der Waals surface area contributed by atoms with Crippen LogP contribution in [0.5, 0.6) is 0 Å². The van der Waals surface area contributed by atoms with Crippen molar-refractivity contribution in [3.8, 4) is 0 Å². The van der Waals surface area contributed by atoms with Gasteiger partial charge in [0.05, 0.1) is 13.2 Å². The average molecular weight is 453 g/mol. The van der Waals surface area contributed by atoms with E-state index in [4.69, 9.17) is 10.5 Å². The number of aliphatic imine (C=N–C) groups is 1. The summed E-state index contributed by atoms with van der Waals surface area (Å²) < 4.78 is 5.35. The van der Waals surface area contributed by atoms with E-state index in [2.05, 4.69) is 20.1 Å². The van der Waals surface area contributed by atoms with Crippen LogP contribution in [0.25, 0.3) is 0 Å². The molecule has 2 saturated heterocycles. The molecule has 0 unspecified atom stereocenters. The maximum absolute atomic E-state index is 5.93. The highest BCUT2D eigenvalue weighted by Crippen LogP contribution is 2.09. The van der Waals surface area contributed by atoms with E-state index in [-0.39, 0.29) is 24.0 Å². The van der Waals surface area contributed by atoms with E-state index in [0.717, 1.165) is 65.3 Å². The van der Waals surface area contributed by atoms with E-state index >= 15 is 0 Å². The van der Waals surface area contributed by atoms with E-state index < -0.39 is 0 Å². The van der Waals surface area contributed by atoms with Gasteiger partial charge in [-0.25, -0.2) is 0 Å². The minimum absolute atomic E-state index is 0. The zero-order chi connectivity index (χ0) is 16.2. The molecule has 2 rings (SSSR count). The molecule has 0 aromatic rings. The van der Waals surface area contributed by atoms with Gasteiger partial charge in [-0.1, -0.05) is 12.8 Å². The molecular formula is C17H36IN5O. The van der Waals surface area contributed by atoms with E-state index in [1.165, 1.54) is 38.8 Å². The highest BCUT2D eigenvalue weighted by molar-refractivity contribution is 14.0. The molecule has 24 heavy (non-hydrogen) atoms. The highest BCUT2D eigenvalue weighted by Gasteiger charge is 2.09. The van der Waals surface area contributed by atoms with Crippen molar-refractivity contribution in [1.29, 1.82) is 0 Å². The molecule has 7 heteroatoms. The zero-order valence-corrected chi connectivity index (χ0v) is 17.4. The molecule has 0 atom stereocenters. The summed E-state index contributed by atoms with van der Waals surface area (Å²) in [6, 6.07) is 0. The zero-order valence-electron chi connectivity index (χ0n) is 15.0. The first-order valence-electron chi connectivity index (χ1n) is 9.41. The molecule has 0 amide bonds. The van der Waals surface area contributed by atoms with E-state index in [1.807, 2.05) is 0 Å². The van der Waals surface area contributed by atoms with Crippen molar-refractivity contribution in [3.05, 3.63) is 0 Å². The third-order valence-corrected chi connectivity index (χ3v) is 4.67. The van der Waals surface area contributed by atoms with Crippen molar-refractivity contribution in [3.63, 3.8) is 0 Å². The van der Waals surface area contributed by atoms with Crippen LogP contribution < -0.4 is 11.1 Å². The molecule has 0 radical (unpaired) electrons. The van der Waals surface area contributed by atoms with E-state index in [0.29, 0.717) is 5.96 Å². The van der Waals surface area contributed by atoms with Crippen LogP contribution in [0.15, 0.2) is 4.99 Å².